The number of aromatic nitrogens is 1. The molecule has 1 aliphatic rings. The fourth-order valence-electron chi connectivity index (χ4n) is 13.3. The first-order valence-electron chi connectivity index (χ1n) is 29.9. The Bertz CT molecular complexity index is 3610. The molecular weight excluding hydrogens is 993 g/mol. The summed E-state index contributed by atoms with van der Waals surface area (Å²) in [6.07, 6.45) is 17.9. The minimum absolute atomic E-state index is 0.0715. The summed E-state index contributed by atoms with van der Waals surface area (Å²) in [5.74, 6) is 0. The number of unbranched alkanes of at least 4 members (excludes halogenated alkanes) is 10. The van der Waals surface area contributed by atoms with Gasteiger partial charge in [0.05, 0.1) is 6.61 Å². The second-order valence-corrected chi connectivity index (χ2v) is 28.8. The predicted molar refractivity (Wildman–Crippen MR) is 345 cm³/mol. The molecule has 402 valence electrons. The predicted octanol–water partition coefficient (Wildman–Crippen LogP) is 20.4. The number of nitrogens with zero attached hydrogens (tertiary/aromatic N) is 2. The summed E-state index contributed by atoms with van der Waals surface area (Å²) < 4.78 is 3.93. The van der Waals surface area contributed by atoms with E-state index >= 15 is 0 Å². The molecule has 2 aromatic heterocycles. The van der Waals surface area contributed by atoms with Crippen LogP contribution in [0.25, 0.3) is 65.6 Å². The first kappa shape index (κ1) is 54.2. The maximum atomic E-state index is 10.3. The molecule has 0 spiro atoms. The minimum atomic E-state index is -2.04. The molecule has 2 heterocycles. The van der Waals surface area contributed by atoms with Gasteiger partial charge in [-0.25, -0.2) is 0 Å². The van der Waals surface area contributed by atoms with Crippen LogP contribution >= 0.6 is 11.3 Å². The number of para-hydroxylation sites is 2. The molecular formula is C74H80N2OSSi. The molecule has 10 aromatic rings. The quantitative estimate of drug-likeness (QED) is 0.0482. The summed E-state index contributed by atoms with van der Waals surface area (Å²) in [4.78, 5) is 3.66. The molecule has 0 saturated carbocycles. The van der Waals surface area contributed by atoms with Crippen molar-refractivity contribution < 1.29 is 5.11 Å². The second kappa shape index (κ2) is 24.3. The number of hydrogen-bond donors (Lipinski definition) is 1. The summed E-state index contributed by atoms with van der Waals surface area (Å²) in [6.45, 7) is 12.8. The number of anilines is 3. The van der Waals surface area contributed by atoms with E-state index in [0.717, 1.165) is 29.2 Å². The molecule has 5 heteroatoms. The summed E-state index contributed by atoms with van der Waals surface area (Å²) in [7, 11) is -2.04. The highest BCUT2D eigenvalue weighted by Gasteiger charge is 2.43. The van der Waals surface area contributed by atoms with Crippen LogP contribution in [-0.4, -0.2) is 17.7 Å². The molecule has 0 radical (unpaired) electrons. The number of hydrogen-bond acceptors (Lipinski definition) is 3. The van der Waals surface area contributed by atoms with Crippen LogP contribution < -0.4 is 14.6 Å². The van der Waals surface area contributed by atoms with Crippen molar-refractivity contribution in [3.8, 4) is 43.8 Å². The van der Waals surface area contributed by atoms with Gasteiger partial charge in [0.1, 0.15) is 8.07 Å². The van der Waals surface area contributed by atoms with Crippen LogP contribution in [0.3, 0.4) is 0 Å². The van der Waals surface area contributed by atoms with Crippen molar-refractivity contribution in [1.82, 2.24) is 4.57 Å². The zero-order chi connectivity index (χ0) is 54.3. The Morgan fingerprint density at radius 3 is 1.49 bits per heavy atom. The third-order valence-corrected chi connectivity index (χ3v) is 23.7. The van der Waals surface area contributed by atoms with Gasteiger partial charge in [0.25, 0.3) is 0 Å². The number of fused-ring (bicyclic) bond motifs is 6. The summed E-state index contributed by atoms with van der Waals surface area (Å²) in [5, 5.41) is 14.2. The van der Waals surface area contributed by atoms with Crippen LogP contribution in [0.4, 0.5) is 17.1 Å². The van der Waals surface area contributed by atoms with Gasteiger partial charge in [0, 0.05) is 55.7 Å². The van der Waals surface area contributed by atoms with Gasteiger partial charge in [-0.2, -0.15) is 0 Å². The lowest BCUT2D eigenvalue weighted by Crippen LogP contribution is -2.52. The van der Waals surface area contributed by atoms with Gasteiger partial charge in [-0.05, 0) is 164 Å². The number of aliphatic hydroxyl groups excluding tert-OH is 1. The summed E-state index contributed by atoms with van der Waals surface area (Å²) >= 11 is 1.93. The highest BCUT2D eigenvalue weighted by Crippen LogP contribution is 2.56. The van der Waals surface area contributed by atoms with E-state index in [1.54, 1.807) is 0 Å². The Hall–Kier alpha value is -6.76. The Balaban J connectivity index is 0.979. The first-order valence-corrected chi connectivity index (χ1v) is 33.7. The molecule has 1 aliphatic carbocycles. The molecule has 1 N–H and O–H groups in total. The highest BCUT2D eigenvalue weighted by molar-refractivity contribution is 7.31. The van der Waals surface area contributed by atoms with E-state index in [1.165, 1.54) is 176 Å². The van der Waals surface area contributed by atoms with E-state index in [2.05, 4.69) is 231 Å². The first-order chi connectivity index (χ1) is 38.8. The van der Waals surface area contributed by atoms with E-state index in [9.17, 15) is 5.11 Å². The Labute approximate surface area is 476 Å². The van der Waals surface area contributed by atoms with Crippen molar-refractivity contribution in [2.24, 2.45) is 0 Å². The lowest BCUT2D eigenvalue weighted by molar-refractivity contribution is 0.283. The lowest BCUT2D eigenvalue weighted by Gasteiger charge is -2.33. The van der Waals surface area contributed by atoms with Crippen molar-refractivity contribution in [2.75, 3.05) is 4.90 Å². The summed E-state index contributed by atoms with van der Waals surface area (Å²) in [6, 6.07) is 73.4. The molecule has 0 atom stereocenters. The average Bonchev–Trinajstić information content (AvgIpc) is 4.38. The molecule has 0 bridgehead atoms. The van der Waals surface area contributed by atoms with Crippen LogP contribution in [0.5, 0.6) is 0 Å². The smallest absolute Gasteiger partial charge is 0.125 e. The molecule has 8 aromatic carbocycles. The SMILES string of the molecule is CCCCCCCCC1(CCCCCCCC)c2cc(-c3ccc(N(c4ccccc4)c4ccccc4)cc3)ccc2-c2ccc(-c3ccc4c(c3)c3cc(-c5ccc([Si](C)(C)c6ccccc6CO)s5)ccc3n4CC)cc21. The number of aryl methyl sites for hydroxylation is 1. The van der Waals surface area contributed by atoms with Crippen molar-refractivity contribution in [3.63, 3.8) is 0 Å². The normalized spacial score (nSPS) is 12.8. The van der Waals surface area contributed by atoms with Crippen LogP contribution in [0.15, 0.2) is 194 Å². The van der Waals surface area contributed by atoms with Gasteiger partial charge in [-0.1, -0.05) is 219 Å². The van der Waals surface area contributed by atoms with Crippen LogP contribution in [0.2, 0.25) is 13.1 Å². The van der Waals surface area contributed by atoms with Crippen molar-refractivity contribution >= 4 is 68.0 Å². The van der Waals surface area contributed by atoms with E-state index < -0.39 is 8.07 Å². The Morgan fingerprint density at radius 1 is 0.456 bits per heavy atom. The van der Waals surface area contributed by atoms with Crippen molar-refractivity contribution in [3.05, 3.63) is 211 Å². The van der Waals surface area contributed by atoms with Gasteiger partial charge < -0.3 is 14.6 Å². The minimum Gasteiger partial charge on any atom is -0.392 e. The van der Waals surface area contributed by atoms with Crippen LogP contribution in [-0.2, 0) is 18.6 Å². The molecule has 0 saturated heterocycles. The third kappa shape index (κ3) is 10.9. The van der Waals surface area contributed by atoms with Crippen LogP contribution in [0, 0.1) is 0 Å². The fraction of sp³-hybridized carbons (Fsp3) is 0.297. The molecule has 11 rings (SSSR count). The van der Waals surface area contributed by atoms with E-state index in [0.29, 0.717) is 0 Å². The topological polar surface area (TPSA) is 28.4 Å². The Morgan fingerprint density at radius 2 is 0.924 bits per heavy atom. The Kier molecular flexibility index (Phi) is 16.7. The third-order valence-electron chi connectivity index (χ3n) is 17.6. The van der Waals surface area contributed by atoms with Gasteiger partial charge in [-0.15, -0.1) is 11.3 Å². The summed E-state index contributed by atoms with van der Waals surface area (Å²) in [5.41, 5.74) is 19.4. The number of benzene rings is 8. The van der Waals surface area contributed by atoms with Crippen molar-refractivity contribution in [2.45, 2.75) is 142 Å². The molecule has 3 nitrogen and oxygen atoms in total. The number of thiophene rings is 1. The van der Waals surface area contributed by atoms with Crippen LogP contribution in [0.1, 0.15) is 127 Å². The number of aliphatic hydroxyl groups is 1. The van der Waals surface area contributed by atoms with Gasteiger partial charge in [0.15, 0.2) is 0 Å². The molecule has 0 unspecified atom stereocenters. The highest BCUT2D eigenvalue weighted by atomic mass is 32.1. The molecule has 0 amide bonds. The molecule has 0 fully saturated rings. The maximum absolute atomic E-state index is 10.3. The van der Waals surface area contributed by atoms with E-state index in [-0.39, 0.29) is 12.0 Å². The molecule has 79 heavy (non-hydrogen) atoms. The lowest BCUT2D eigenvalue weighted by atomic mass is 9.70. The largest absolute Gasteiger partial charge is 0.392 e. The van der Waals surface area contributed by atoms with Gasteiger partial charge in [0.2, 0.25) is 0 Å². The second-order valence-electron chi connectivity index (χ2n) is 23.0. The molecule has 0 aliphatic heterocycles. The zero-order valence-corrected chi connectivity index (χ0v) is 49.4. The standard InChI is InChI=1S/C74H80N2OSSi/c1-6-9-11-13-15-25-47-74(48-26-16-14-12-10-7-2)67-51-56(54-33-39-62(40-34-54)76(60-28-19-17-20-29-60)61-30-21-18-22-31-61)35-41-63(67)64-42-36-57(52-68(64)74)55-37-43-69-65(49-55)66-50-58(38-44-70(66)75(69)8-3)71-45-46-73(78-71)79(4,5)72-32-24-23-27-59(72)53-77/h17-24,27-46,49-52,77H,6-16,25-26,47-48,53H2,1-5H3. The van der Waals surface area contributed by atoms with E-state index in [4.69, 9.17) is 0 Å². The van der Waals surface area contributed by atoms with Gasteiger partial charge in [-0.3, -0.25) is 0 Å². The van der Waals surface area contributed by atoms with Gasteiger partial charge >= 0.3 is 0 Å². The zero-order valence-electron chi connectivity index (χ0n) is 47.5. The maximum Gasteiger partial charge on any atom is 0.125 e. The van der Waals surface area contributed by atoms with E-state index in [1.807, 2.05) is 17.4 Å². The fourth-order valence-corrected chi connectivity index (χ4v) is 18.0. The number of rotatable bonds is 24. The average molecular weight is 1070 g/mol. The monoisotopic (exact) mass is 1070 g/mol. The van der Waals surface area contributed by atoms with Crippen molar-refractivity contribution in [1.29, 1.82) is 0 Å².